The van der Waals surface area contributed by atoms with Crippen molar-refractivity contribution < 1.29 is 9.18 Å². The third-order valence-electron chi connectivity index (χ3n) is 4.91. The highest BCUT2D eigenvalue weighted by atomic mass is 19.1. The van der Waals surface area contributed by atoms with Gasteiger partial charge in [0.05, 0.1) is 12.1 Å². The maximum atomic E-state index is 13.8. The maximum Gasteiger partial charge on any atom is 0.237 e. The summed E-state index contributed by atoms with van der Waals surface area (Å²) < 4.78 is 13.8. The molecule has 0 aliphatic carbocycles. The molecule has 1 aromatic carbocycles. The van der Waals surface area contributed by atoms with Crippen molar-refractivity contribution in [3.8, 4) is 0 Å². The van der Waals surface area contributed by atoms with Crippen LogP contribution in [-0.2, 0) is 4.79 Å². The van der Waals surface area contributed by atoms with Gasteiger partial charge in [-0.3, -0.25) is 4.79 Å². The summed E-state index contributed by atoms with van der Waals surface area (Å²) in [6, 6.07) is 4.03. The number of rotatable bonds is 7. The van der Waals surface area contributed by atoms with Gasteiger partial charge in [-0.2, -0.15) is 0 Å². The summed E-state index contributed by atoms with van der Waals surface area (Å²) in [5, 5.41) is 2.94. The second kappa shape index (κ2) is 9.15. The van der Waals surface area contributed by atoms with Gasteiger partial charge in [0.1, 0.15) is 5.82 Å². The standard InChI is InChI=1S/C19H31FN4O/c1-4-6-17(21)19(25)22-14(3)16-13-15(20)7-8-18(16)24-11-9-23(5-2)10-12-24/h7-8,13-14,17H,4-6,9-12,21H2,1-3H3,(H,22,25). The predicted octanol–water partition coefficient (Wildman–Crippen LogP) is 2.27. The molecule has 1 saturated heterocycles. The van der Waals surface area contributed by atoms with Crippen molar-refractivity contribution in [3.05, 3.63) is 29.6 Å². The van der Waals surface area contributed by atoms with Crippen LogP contribution in [0.3, 0.4) is 0 Å². The maximum absolute atomic E-state index is 13.8. The molecule has 6 heteroatoms. The van der Waals surface area contributed by atoms with Crippen LogP contribution in [-0.4, -0.2) is 49.6 Å². The van der Waals surface area contributed by atoms with Crippen LogP contribution in [0.25, 0.3) is 0 Å². The van der Waals surface area contributed by atoms with Crippen LogP contribution < -0.4 is 16.0 Å². The molecule has 0 aromatic heterocycles. The van der Waals surface area contributed by atoms with Gasteiger partial charge >= 0.3 is 0 Å². The predicted molar refractivity (Wildman–Crippen MR) is 100 cm³/mol. The van der Waals surface area contributed by atoms with Crippen molar-refractivity contribution in [2.75, 3.05) is 37.6 Å². The molecule has 0 saturated carbocycles. The number of benzene rings is 1. The molecular formula is C19H31FN4O. The van der Waals surface area contributed by atoms with Gasteiger partial charge in [-0.05, 0) is 38.1 Å². The molecule has 0 spiro atoms. The Bertz CT molecular complexity index is 573. The molecule has 1 fully saturated rings. The van der Waals surface area contributed by atoms with E-state index < -0.39 is 6.04 Å². The minimum atomic E-state index is -0.516. The van der Waals surface area contributed by atoms with Gasteiger partial charge in [0.2, 0.25) is 5.91 Å². The lowest BCUT2D eigenvalue weighted by Gasteiger charge is -2.37. The molecule has 1 heterocycles. The molecule has 140 valence electrons. The first kappa shape index (κ1) is 19.7. The fourth-order valence-electron chi connectivity index (χ4n) is 3.31. The number of likely N-dealkylation sites (N-methyl/N-ethyl adjacent to an activating group) is 1. The van der Waals surface area contributed by atoms with Crippen LogP contribution in [0.4, 0.5) is 10.1 Å². The summed E-state index contributed by atoms with van der Waals surface area (Å²) in [7, 11) is 0. The van der Waals surface area contributed by atoms with Crippen LogP contribution in [0.2, 0.25) is 0 Å². The van der Waals surface area contributed by atoms with Gasteiger partial charge in [0, 0.05) is 37.4 Å². The number of carbonyl (C=O) groups is 1. The average molecular weight is 350 g/mol. The number of anilines is 1. The summed E-state index contributed by atoms with van der Waals surface area (Å²) >= 11 is 0. The highest BCUT2D eigenvalue weighted by Crippen LogP contribution is 2.28. The summed E-state index contributed by atoms with van der Waals surface area (Å²) in [5.74, 6) is -0.467. The quantitative estimate of drug-likeness (QED) is 0.792. The minimum Gasteiger partial charge on any atom is -0.369 e. The first-order valence-electron chi connectivity index (χ1n) is 9.29. The number of nitrogens with zero attached hydrogens (tertiary/aromatic N) is 2. The van der Waals surface area contributed by atoms with Crippen LogP contribution in [0.15, 0.2) is 18.2 Å². The van der Waals surface area contributed by atoms with E-state index in [1.165, 1.54) is 12.1 Å². The summed E-state index contributed by atoms with van der Waals surface area (Å²) in [6.45, 7) is 10.9. The fourth-order valence-corrected chi connectivity index (χ4v) is 3.31. The summed E-state index contributed by atoms with van der Waals surface area (Å²) in [6.07, 6.45) is 1.50. The Kier molecular flexibility index (Phi) is 7.20. The van der Waals surface area contributed by atoms with Gasteiger partial charge in [-0.25, -0.2) is 4.39 Å². The van der Waals surface area contributed by atoms with Crippen molar-refractivity contribution in [3.63, 3.8) is 0 Å². The van der Waals surface area contributed by atoms with E-state index in [-0.39, 0.29) is 17.8 Å². The number of carbonyl (C=O) groups excluding carboxylic acids is 1. The van der Waals surface area contributed by atoms with Crippen molar-refractivity contribution in [2.45, 2.75) is 45.7 Å². The zero-order valence-electron chi connectivity index (χ0n) is 15.6. The number of nitrogens with two attached hydrogens (primary N) is 1. The number of hydrogen-bond donors (Lipinski definition) is 2. The molecule has 5 nitrogen and oxygen atoms in total. The zero-order chi connectivity index (χ0) is 18.4. The van der Waals surface area contributed by atoms with E-state index in [0.717, 1.165) is 50.4 Å². The monoisotopic (exact) mass is 350 g/mol. The Balaban J connectivity index is 2.14. The molecule has 2 atom stereocenters. The molecular weight excluding hydrogens is 319 g/mol. The number of nitrogens with one attached hydrogen (secondary N) is 1. The first-order valence-corrected chi connectivity index (χ1v) is 9.29. The molecule has 1 amide bonds. The van der Waals surface area contributed by atoms with E-state index in [4.69, 9.17) is 5.73 Å². The molecule has 1 aliphatic rings. The Labute approximate surface area is 150 Å². The van der Waals surface area contributed by atoms with Crippen molar-refractivity contribution in [2.24, 2.45) is 5.73 Å². The third kappa shape index (κ3) is 5.16. The molecule has 0 bridgehead atoms. The van der Waals surface area contributed by atoms with Gasteiger partial charge in [0.25, 0.3) is 0 Å². The lowest BCUT2D eigenvalue weighted by atomic mass is 10.0. The average Bonchev–Trinajstić information content (AvgIpc) is 2.62. The second-order valence-electron chi connectivity index (χ2n) is 6.75. The van der Waals surface area contributed by atoms with Crippen molar-refractivity contribution in [1.82, 2.24) is 10.2 Å². The molecule has 1 aliphatic heterocycles. The van der Waals surface area contributed by atoms with Gasteiger partial charge < -0.3 is 20.9 Å². The van der Waals surface area contributed by atoms with Crippen LogP contribution in [0.1, 0.15) is 45.2 Å². The van der Waals surface area contributed by atoms with Crippen LogP contribution in [0.5, 0.6) is 0 Å². The SMILES string of the molecule is CCCC(N)C(=O)NC(C)c1cc(F)ccc1N1CCN(CC)CC1. The highest BCUT2D eigenvalue weighted by Gasteiger charge is 2.23. The lowest BCUT2D eigenvalue weighted by molar-refractivity contribution is -0.123. The minimum absolute atomic E-state index is 0.180. The number of halogens is 1. The second-order valence-corrected chi connectivity index (χ2v) is 6.75. The zero-order valence-corrected chi connectivity index (χ0v) is 15.6. The number of piperazine rings is 1. The number of hydrogen-bond acceptors (Lipinski definition) is 4. The van der Waals surface area contributed by atoms with E-state index in [0.29, 0.717) is 6.42 Å². The van der Waals surface area contributed by atoms with E-state index in [2.05, 4.69) is 22.0 Å². The van der Waals surface area contributed by atoms with Gasteiger partial charge in [-0.1, -0.05) is 20.3 Å². The van der Waals surface area contributed by atoms with Gasteiger partial charge in [-0.15, -0.1) is 0 Å². The normalized spacial score (nSPS) is 18.0. The fraction of sp³-hybridized carbons (Fsp3) is 0.632. The number of amides is 1. The topological polar surface area (TPSA) is 61.6 Å². The van der Waals surface area contributed by atoms with E-state index in [9.17, 15) is 9.18 Å². The molecule has 2 rings (SSSR count). The Morgan fingerprint density at radius 1 is 1.28 bits per heavy atom. The molecule has 25 heavy (non-hydrogen) atoms. The van der Waals surface area contributed by atoms with Crippen molar-refractivity contribution in [1.29, 1.82) is 0 Å². The van der Waals surface area contributed by atoms with Gasteiger partial charge in [0.15, 0.2) is 0 Å². The van der Waals surface area contributed by atoms with Crippen molar-refractivity contribution >= 4 is 11.6 Å². The Morgan fingerprint density at radius 2 is 1.96 bits per heavy atom. The Morgan fingerprint density at radius 3 is 2.56 bits per heavy atom. The molecule has 2 unspecified atom stereocenters. The van der Waals surface area contributed by atoms with E-state index in [1.54, 1.807) is 0 Å². The van der Waals surface area contributed by atoms with Crippen LogP contribution in [0, 0.1) is 5.82 Å². The highest BCUT2D eigenvalue weighted by molar-refractivity contribution is 5.82. The van der Waals surface area contributed by atoms with E-state index in [1.807, 2.05) is 19.9 Å². The Hall–Kier alpha value is -1.66. The summed E-state index contributed by atoms with van der Waals surface area (Å²) in [5.41, 5.74) is 7.70. The first-order chi connectivity index (χ1) is 12.0. The largest absolute Gasteiger partial charge is 0.369 e. The molecule has 3 N–H and O–H groups in total. The van der Waals surface area contributed by atoms with E-state index >= 15 is 0 Å². The smallest absolute Gasteiger partial charge is 0.237 e. The third-order valence-corrected chi connectivity index (χ3v) is 4.91. The lowest BCUT2D eigenvalue weighted by Crippen LogP contribution is -2.47. The molecule has 0 radical (unpaired) electrons. The summed E-state index contributed by atoms with van der Waals surface area (Å²) in [4.78, 5) is 16.9. The van der Waals surface area contributed by atoms with Crippen LogP contribution >= 0.6 is 0 Å². The molecule has 1 aromatic rings.